The molecule has 0 unspecified atom stereocenters. The monoisotopic (exact) mass is 492 g/mol. The van der Waals surface area contributed by atoms with Crippen molar-refractivity contribution in [2.75, 3.05) is 18.5 Å². The Bertz CT molecular complexity index is 1250. The summed E-state index contributed by atoms with van der Waals surface area (Å²) in [7, 11) is 0. The average molecular weight is 493 g/mol. The highest BCUT2D eigenvalue weighted by atomic mass is 35.5. The zero-order valence-electron chi connectivity index (χ0n) is 16.9. The number of aromatic carboxylic acids is 1. The Morgan fingerprint density at radius 3 is 2.33 bits per heavy atom. The molecule has 5 N–H and O–H groups in total. The van der Waals surface area contributed by atoms with Gasteiger partial charge in [-0.15, -0.1) is 0 Å². The van der Waals surface area contributed by atoms with Crippen LogP contribution >= 0.6 is 23.2 Å². The molecule has 0 radical (unpaired) electrons. The molecule has 3 aromatic rings. The number of ether oxygens (including phenoxy) is 2. The lowest BCUT2D eigenvalue weighted by Gasteiger charge is -2.15. The number of hydrogen-bond donors (Lipinski definition) is 4. The highest BCUT2D eigenvalue weighted by Crippen LogP contribution is 2.36. The number of fused-ring (bicyclic) bond motifs is 1. The molecule has 0 aliphatic rings. The summed E-state index contributed by atoms with van der Waals surface area (Å²) in [5.41, 5.74) is 6.45. The summed E-state index contributed by atoms with van der Waals surface area (Å²) >= 11 is 12.3. The lowest BCUT2D eigenvalue weighted by atomic mass is 10.1. The van der Waals surface area contributed by atoms with Crippen molar-refractivity contribution in [2.24, 2.45) is 5.73 Å². The highest BCUT2D eigenvalue weighted by Gasteiger charge is 2.16. The van der Waals surface area contributed by atoms with Crippen LogP contribution in [-0.4, -0.2) is 41.3 Å². The molecule has 0 saturated carbocycles. The van der Waals surface area contributed by atoms with Crippen molar-refractivity contribution in [3.8, 4) is 11.5 Å². The second-order valence-electron chi connectivity index (χ2n) is 6.82. The van der Waals surface area contributed by atoms with Gasteiger partial charge in [-0.05, 0) is 47.3 Å². The number of rotatable bonds is 9. The van der Waals surface area contributed by atoms with E-state index < -0.39 is 31.1 Å². The number of anilines is 1. The van der Waals surface area contributed by atoms with Gasteiger partial charge in [-0.25, -0.2) is 9.59 Å². The molecule has 1 amide bonds. The molecule has 0 heterocycles. The maximum Gasteiger partial charge on any atom is 0.341 e. The van der Waals surface area contributed by atoms with E-state index in [1.54, 1.807) is 12.1 Å². The summed E-state index contributed by atoms with van der Waals surface area (Å²) in [6, 6.07) is 10.3. The first-order chi connectivity index (χ1) is 15.7. The van der Waals surface area contributed by atoms with Crippen LogP contribution in [0.5, 0.6) is 11.5 Å². The Morgan fingerprint density at radius 1 is 0.939 bits per heavy atom. The summed E-state index contributed by atoms with van der Waals surface area (Å²) in [6.45, 7) is -0.910. The first kappa shape index (κ1) is 24.1. The van der Waals surface area contributed by atoms with E-state index in [-0.39, 0.29) is 34.3 Å². The molecule has 0 atom stereocenters. The molecule has 172 valence electrons. The molecule has 3 aromatic carbocycles. The lowest BCUT2D eigenvalue weighted by Crippen LogP contribution is -2.21. The van der Waals surface area contributed by atoms with Gasteiger partial charge in [0.15, 0.2) is 13.2 Å². The van der Waals surface area contributed by atoms with Crippen molar-refractivity contribution in [1.82, 2.24) is 0 Å². The zero-order valence-corrected chi connectivity index (χ0v) is 18.4. The Balaban J connectivity index is 1.84. The number of carboxylic acids is 2. The Morgan fingerprint density at radius 2 is 1.67 bits per heavy atom. The van der Waals surface area contributed by atoms with E-state index in [0.29, 0.717) is 21.4 Å². The third-order valence-electron chi connectivity index (χ3n) is 4.44. The fourth-order valence-electron chi connectivity index (χ4n) is 3.02. The van der Waals surface area contributed by atoms with Gasteiger partial charge in [0.2, 0.25) is 0 Å². The molecule has 33 heavy (non-hydrogen) atoms. The van der Waals surface area contributed by atoms with Crippen LogP contribution in [0.1, 0.15) is 15.9 Å². The summed E-state index contributed by atoms with van der Waals surface area (Å²) in [6.07, 6.45) is 0. The number of halogens is 2. The van der Waals surface area contributed by atoms with Crippen LogP contribution in [0.2, 0.25) is 10.0 Å². The van der Waals surface area contributed by atoms with Gasteiger partial charge in [0.25, 0.3) is 5.91 Å². The molecule has 0 fully saturated rings. The summed E-state index contributed by atoms with van der Waals surface area (Å²) in [5.74, 6) is -2.76. The minimum atomic E-state index is -1.19. The minimum Gasteiger partial charge on any atom is -0.483 e. The number of nitrogens with two attached hydrogens (primary N) is 1. The number of nitrogens with one attached hydrogen (secondary N) is 1. The van der Waals surface area contributed by atoms with E-state index >= 15 is 0 Å². The fraction of sp³-hybridized carbons (Fsp3) is 0.136. The summed E-state index contributed by atoms with van der Waals surface area (Å²) < 4.78 is 10.8. The van der Waals surface area contributed by atoms with Crippen molar-refractivity contribution < 1.29 is 34.1 Å². The standard InChI is InChI=1S/C22H18Cl2N2O7/c23-14-5-12-4-13(22(30)31)6-18(21(12)15(24)7-14)32-9-19(27)26-16-3-11(8-25)1-2-17(16)33-10-20(28)29/h1-7H,8-10,25H2,(H,26,27)(H,28,29)(H,30,31). The van der Waals surface area contributed by atoms with Gasteiger partial charge in [-0.2, -0.15) is 0 Å². The van der Waals surface area contributed by atoms with Gasteiger partial charge < -0.3 is 30.7 Å². The Hall–Kier alpha value is -3.53. The lowest BCUT2D eigenvalue weighted by molar-refractivity contribution is -0.139. The smallest absolute Gasteiger partial charge is 0.341 e. The van der Waals surface area contributed by atoms with Gasteiger partial charge in [-0.3, -0.25) is 4.79 Å². The number of aliphatic carboxylic acids is 1. The normalized spacial score (nSPS) is 10.6. The number of hydrogen-bond acceptors (Lipinski definition) is 6. The van der Waals surface area contributed by atoms with Crippen LogP contribution in [0.3, 0.4) is 0 Å². The van der Waals surface area contributed by atoms with Crippen molar-refractivity contribution >= 4 is 57.5 Å². The van der Waals surface area contributed by atoms with Gasteiger partial charge in [0.05, 0.1) is 16.3 Å². The van der Waals surface area contributed by atoms with E-state index in [1.807, 2.05) is 0 Å². The molecule has 0 aliphatic carbocycles. The SMILES string of the molecule is NCc1ccc(OCC(=O)O)c(NC(=O)COc2cc(C(=O)O)cc3cc(Cl)cc(Cl)c23)c1. The predicted molar refractivity (Wildman–Crippen MR) is 123 cm³/mol. The second-order valence-corrected chi connectivity index (χ2v) is 7.66. The molecular formula is C22H18Cl2N2O7. The van der Waals surface area contributed by atoms with Crippen molar-refractivity contribution in [1.29, 1.82) is 0 Å². The van der Waals surface area contributed by atoms with E-state index in [9.17, 15) is 19.5 Å². The predicted octanol–water partition coefficient (Wildman–Crippen LogP) is 3.78. The highest BCUT2D eigenvalue weighted by molar-refractivity contribution is 6.39. The van der Waals surface area contributed by atoms with Crippen LogP contribution in [0, 0.1) is 0 Å². The van der Waals surface area contributed by atoms with Crippen LogP contribution in [-0.2, 0) is 16.1 Å². The number of carboxylic acid groups (broad SMARTS) is 2. The summed E-state index contributed by atoms with van der Waals surface area (Å²) in [4.78, 5) is 34.9. The number of benzene rings is 3. The van der Waals surface area contributed by atoms with Gasteiger partial charge >= 0.3 is 11.9 Å². The van der Waals surface area contributed by atoms with Crippen LogP contribution < -0.4 is 20.5 Å². The molecular weight excluding hydrogens is 475 g/mol. The number of carbonyl (C=O) groups excluding carboxylic acids is 1. The molecule has 9 nitrogen and oxygen atoms in total. The van der Waals surface area contributed by atoms with Crippen LogP contribution in [0.15, 0.2) is 42.5 Å². The summed E-state index contributed by atoms with van der Waals surface area (Å²) in [5, 5.41) is 22.2. The number of carbonyl (C=O) groups is 3. The largest absolute Gasteiger partial charge is 0.483 e. The molecule has 3 rings (SSSR count). The van der Waals surface area contributed by atoms with E-state index in [0.717, 1.165) is 0 Å². The second kappa shape index (κ2) is 10.4. The molecule has 0 aromatic heterocycles. The minimum absolute atomic E-state index is 0.0729. The molecule has 11 heteroatoms. The Kier molecular flexibility index (Phi) is 7.59. The van der Waals surface area contributed by atoms with Gasteiger partial charge in [0, 0.05) is 17.0 Å². The molecule has 0 spiro atoms. The van der Waals surface area contributed by atoms with Crippen LogP contribution in [0.25, 0.3) is 10.8 Å². The molecule has 0 saturated heterocycles. The van der Waals surface area contributed by atoms with E-state index in [2.05, 4.69) is 5.32 Å². The number of amides is 1. The maximum atomic E-state index is 12.6. The van der Waals surface area contributed by atoms with Crippen molar-refractivity contribution in [3.63, 3.8) is 0 Å². The fourth-order valence-corrected chi connectivity index (χ4v) is 3.63. The quantitative estimate of drug-likeness (QED) is 0.352. The molecule has 0 bridgehead atoms. The maximum absolute atomic E-state index is 12.6. The third-order valence-corrected chi connectivity index (χ3v) is 4.96. The van der Waals surface area contributed by atoms with E-state index in [1.165, 1.54) is 30.3 Å². The first-order valence-electron chi connectivity index (χ1n) is 9.44. The topological polar surface area (TPSA) is 148 Å². The molecule has 0 aliphatic heterocycles. The average Bonchev–Trinajstić information content (AvgIpc) is 2.75. The van der Waals surface area contributed by atoms with E-state index in [4.69, 9.17) is 43.5 Å². The zero-order chi connectivity index (χ0) is 24.1. The van der Waals surface area contributed by atoms with Gasteiger partial charge in [-0.1, -0.05) is 29.3 Å². The third kappa shape index (κ3) is 6.04. The Labute approximate surface area is 197 Å². The first-order valence-corrected chi connectivity index (χ1v) is 10.2. The van der Waals surface area contributed by atoms with Crippen molar-refractivity contribution in [3.05, 3.63) is 63.6 Å². The van der Waals surface area contributed by atoms with Crippen LogP contribution in [0.4, 0.5) is 5.69 Å². The van der Waals surface area contributed by atoms with Gasteiger partial charge in [0.1, 0.15) is 11.5 Å². The van der Waals surface area contributed by atoms with Crippen molar-refractivity contribution in [2.45, 2.75) is 6.54 Å².